The van der Waals surface area contributed by atoms with E-state index in [-0.39, 0.29) is 22.8 Å². The Morgan fingerprint density at radius 3 is 2.73 bits per heavy atom. The van der Waals surface area contributed by atoms with Crippen LogP contribution in [-0.4, -0.2) is 13.7 Å². The highest BCUT2D eigenvalue weighted by Gasteiger charge is 2.34. The summed E-state index contributed by atoms with van der Waals surface area (Å²) in [7, 11) is 1.54. The number of hydrogen-bond acceptors (Lipinski definition) is 7. The number of benzene rings is 1. The molecule has 2 aromatic rings. The van der Waals surface area contributed by atoms with Gasteiger partial charge in [0.05, 0.1) is 25.2 Å². The second-order valence-corrected chi connectivity index (χ2v) is 5.69. The highest BCUT2D eigenvalue weighted by Crippen LogP contribution is 2.42. The SMILES string of the molecule is CCOc1cc([C@H]2C(C#N)=C(N)Oc3cc(C)oc(=O)c32)ccc1OC. The van der Waals surface area contributed by atoms with E-state index in [9.17, 15) is 10.1 Å². The fourth-order valence-corrected chi connectivity index (χ4v) is 2.99. The van der Waals surface area contributed by atoms with E-state index >= 15 is 0 Å². The third kappa shape index (κ3) is 2.86. The lowest BCUT2D eigenvalue weighted by molar-refractivity contribution is 0.310. The van der Waals surface area contributed by atoms with Crippen LogP contribution in [0.25, 0.3) is 0 Å². The number of methoxy groups -OCH3 is 1. The summed E-state index contributed by atoms with van der Waals surface area (Å²) >= 11 is 0. The molecule has 7 heteroatoms. The van der Waals surface area contributed by atoms with Crippen LogP contribution < -0.4 is 25.6 Å². The van der Waals surface area contributed by atoms with Crippen molar-refractivity contribution < 1.29 is 18.6 Å². The van der Waals surface area contributed by atoms with Gasteiger partial charge in [0.2, 0.25) is 5.88 Å². The molecule has 26 heavy (non-hydrogen) atoms. The Hall–Kier alpha value is -3.40. The van der Waals surface area contributed by atoms with E-state index in [2.05, 4.69) is 0 Å². The molecule has 0 saturated heterocycles. The quantitative estimate of drug-likeness (QED) is 0.899. The first-order valence-corrected chi connectivity index (χ1v) is 8.03. The summed E-state index contributed by atoms with van der Waals surface area (Å²) in [6.07, 6.45) is 0. The normalized spacial score (nSPS) is 15.7. The summed E-state index contributed by atoms with van der Waals surface area (Å²) in [4.78, 5) is 12.5. The van der Waals surface area contributed by atoms with Crippen molar-refractivity contribution in [1.82, 2.24) is 0 Å². The average Bonchev–Trinajstić information content (AvgIpc) is 2.60. The molecule has 0 radical (unpaired) electrons. The molecule has 0 unspecified atom stereocenters. The Kier molecular flexibility index (Phi) is 4.59. The van der Waals surface area contributed by atoms with Gasteiger partial charge in [-0.3, -0.25) is 0 Å². The molecule has 0 fully saturated rings. The van der Waals surface area contributed by atoms with Crippen LogP contribution in [0.1, 0.15) is 29.7 Å². The van der Waals surface area contributed by atoms with Gasteiger partial charge < -0.3 is 24.4 Å². The van der Waals surface area contributed by atoms with Gasteiger partial charge in [0.25, 0.3) is 0 Å². The molecular weight excluding hydrogens is 336 g/mol. The molecule has 2 heterocycles. The first-order valence-electron chi connectivity index (χ1n) is 8.03. The fraction of sp³-hybridized carbons (Fsp3) is 0.263. The lowest BCUT2D eigenvalue weighted by atomic mass is 9.84. The van der Waals surface area contributed by atoms with Gasteiger partial charge in [-0.05, 0) is 31.5 Å². The van der Waals surface area contributed by atoms with Gasteiger partial charge in [-0.25, -0.2) is 4.79 Å². The van der Waals surface area contributed by atoms with Gasteiger partial charge in [0.15, 0.2) is 11.5 Å². The van der Waals surface area contributed by atoms with Crippen LogP contribution in [0, 0.1) is 18.3 Å². The number of allylic oxidation sites excluding steroid dienone is 1. The lowest BCUT2D eigenvalue weighted by Gasteiger charge is -2.25. The highest BCUT2D eigenvalue weighted by molar-refractivity contribution is 5.57. The van der Waals surface area contributed by atoms with E-state index in [1.165, 1.54) is 7.11 Å². The predicted molar refractivity (Wildman–Crippen MR) is 93.2 cm³/mol. The molecular formula is C19H18N2O5. The van der Waals surface area contributed by atoms with E-state index < -0.39 is 11.5 Å². The molecule has 2 N–H and O–H groups in total. The number of aryl methyl sites for hydroxylation is 1. The van der Waals surface area contributed by atoms with Crippen molar-refractivity contribution >= 4 is 0 Å². The zero-order valence-electron chi connectivity index (χ0n) is 14.7. The Labute approximate surface area is 150 Å². The molecule has 0 aliphatic carbocycles. The van der Waals surface area contributed by atoms with E-state index in [4.69, 9.17) is 24.4 Å². The van der Waals surface area contributed by atoms with Crippen molar-refractivity contribution in [3.05, 3.63) is 63.0 Å². The Morgan fingerprint density at radius 2 is 2.08 bits per heavy atom. The number of nitrogens with zero attached hydrogens (tertiary/aromatic N) is 1. The third-order valence-electron chi connectivity index (χ3n) is 4.08. The number of nitrogens with two attached hydrogens (primary N) is 1. The van der Waals surface area contributed by atoms with Crippen molar-refractivity contribution in [3.63, 3.8) is 0 Å². The third-order valence-corrected chi connectivity index (χ3v) is 4.08. The van der Waals surface area contributed by atoms with E-state index in [1.807, 2.05) is 13.0 Å². The Bertz CT molecular complexity index is 984. The summed E-state index contributed by atoms with van der Waals surface area (Å²) in [5.41, 5.74) is 6.38. The maximum atomic E-state index is 12.5. The first kappa shape index (κ1) is 17.4. The second kappa shape index (κ2) is 6.84. The van der Waals surface area contributed by atoms with Gasteiger partial charge in [0.1, 0.15) is 23.2 Å². The molecule has 1 aromatic carbocycles. The second-order valence-electron chi connectivity index (χ2n) is 5.69. The van der Waals surface area contributed by atoms with Gasteiger partial charge in [-0.15, -0.1) is 0 Å². The van der Waals surface area contributed by atoms with Crippen LogP contribution in [-0.2, 0) is 0 Å². The smallest absolute Gasteiger partial charge is 0.343 e. The molecule has 0 bridgehead atoms. The summed E-state index contributed by atoms with van der Waals surface area (Å²) in [5.74, 6) is 0.983. The van der Waals surface area contributed by atoms with E-state index in [0.717, 1.165) is 0 Å². The number of ether oxygens (including phenoxy) is 3. The van der Waals surface area contributed by atoms with Crippen LogP contribution in [0.3, 0.4) is 0 Å². The molecule has 0 amide bonds. The van der Waals surface area contributed by atoms with Gasteiger partial charge in [-0.1, -0.05) is 6.07 Å². The molecule has 1 atom stereocenters. The minimum atomic E-state index is -0.717. The standard InChI is InChI=1S/C19H18N2O5/c1-4-24-14-8-11(5-6-13(14)23-3)16-12(9-20)18(21)26-15-7-10(2)25-19(22)17(15)16/h5-8,16H,4,21H2,1-3H3/t16-/m0/s1. The van der Waals surface area contributed by atoms with Crippen molar-refractivity contribution in [2.75, 3.05) is 13.7 Å². The van der Waals surface area contributed by atoms with Crippen LogP contribution in [0.5, 0.6) is 17.2 Å². The van der Waals surface area contributed by atoms with Gasteiger partial charge in [-0.2, -0.15) is 5.26 Å². The summed E-state index contributed by atoms with van der Waals surface area (Å²) < 4.78 is 21.6. The summed E-state index contributed by atoms with van der Waals surface area (Å²) in [5, 5.41) is 9.58. The van der Waals surface area contributed by atoms with Crippen LogP contribution in [0.4, 0.5) is 0 Å². The average molecular weight is 354 g/mol. The first-order chi connectivity index (χ1) is 12.5. The Morgan fingerprint density at radius 1 is 1.31 bits per heavy atom. The molecule has 1 aliphatic rings. The van der Waals surface area contributed by atoms with Crippen LogP contribution >= 0.6 is 0 Å². The van der Waals surface area contributed by atoms with Crippen molar-refractivity contribution in [2.45, 2.75) is 19.8 Å². The number of nitriles is 1. The topological polar surface area (TPSA) is 108 Å². The largest absolute Gasteiger partial charge is 0.493 e. The highest BCUT2D eigenvalue weighted by atomic mass is 16.5. The van der Waals surface area contributed by atoms with Crippen molar-refractivity contribution in [3.8, 4) is 23.3 Å². The zero-order valence-corrected chi connectivity index (χ0v) is 14.7. The number of hydrogen-bond donors (Lipinski definition) is 1. The van der Waals surface area contributed by atoms with E-state index in [1.54, 1.807) is 31.2 Å². The molecule has 3 rings (SSSR count). The number of fused-ring (bicyclic) bond motifs is 1. The zero-order chi connectivity index (χ0) is 18.8. The van der Waals surface area contributed by atoms with Crippen LogP contribution in [0.15, 0.2) is 44.9 Å². The van der Waals surface area contributed by atoms with Crippen molar-refractivity contribution in [1.29, 1.82) is 5.26 Å². The lowest BCUT2D eigenvalue weighted by Crippen LogP contribution is -2.26. The van der Waals surface area contributed by atoms with Crippen molar-refractivity contribution in [2.24, 2.45) is 5.73 Å². The molecule has 1 aliphatic heterocycles. The Balaban J connectivity index is 2.25. The summed E-state index contributed by atoms with van der Waals surface area (Å²) in [6.45, 7) is 3.93. The number of rotatable bonds is 4. The molecule has 0 saturated carbocycles. The van der Waals surface area contributed by atoms with E-state index in [0.29, 0.717) is 29.4 Å². The minimum absolute atomic E-state index is 0.0382. The molecule has 1 aromatic heterocycles. The minimum Gasteiger partial charge on any atom is -0.493 e. The van der Waals surface area contributed by atoms with Gasteiger partial charge in [0, 0.05) is 6.07 Å². The van der Waals surface area contributed by atoms with Gasteiger partial charge >= 0.3 is 5.63 Å². The monoisotopic (exact) mass is 354 g/mol. The fourth-order valence-electron chi connectivity index (χ4n) is 2.99. The molecule has 134 valence electrons. The summed E-state index contributed by atoms with van der Waals surface area (Å²) in [6, 6.07) is 8.83. The maximum Gasteiger partial charge on any atom is 0.343 e. The molecule has 7 nitrogen and oxygen atoms in total. The maximum absolute atomic E-state index is 12.5. The predicted octanol–water partition coefficient (Wildman–Crippen LogP) is 2.57. The molecule has 0 spiro atoms. The van der Waals surface area contributed by atoms with Crippen LogP contribution in [0.2, 0.25) is 0 Å².